The third-order valence-electron chi connectivity index (χ3n) is 2.25. The van der Waals surface area contributed by atoms with Crippen LogP contribution in [0.4, 0.5) is 0 Å². The predicted molar refractivity (Wildman–Crippen MR) is 61.7 cm³/mol. The summed E-state index contributed by atoms with van der Waals surface area (Å²) < 4.78 is 1.98. The molecular formula is C11H11N5. The zero-order valence-electron chi connectivity index (χ0n) is 8.69. The number of aromatic nitrogens is 2. The Morgan fingerprint density at radius 1 is 1.31 bits per heavy atom. The average molecular weight is 213 g/mol. The zero-order chi connectivity index (χ0) is 11.2. The number of rotatable bonds is 4. The van der Waals surface area contributed by atoms with Crippen molar-refractivity contribution in [2.45, 2.75) is 6.54 Å². The Balaban J connectivity index is 2.22. The molecule has 2 rings (SSSR count). The van der Waals surface area contributed by atoms with E-state index in [-0.39, 0.29) is 0 Å². The van der Waals surface area contributed by atoms with Crippen molar-refractivity contribution in [3.63, 3.8) is 0 Å². The lowest BCUT2D eigenvalue weighted by Crippen LogP contribution is -2.01. The summed E-state index contributed by atoms with van der Waals surface area (Å²) >= 11 is 0. The van der Waals surface area contributed by atoms with Crippen LogP contribution in [0.3, 0.4) is 0 Å². The molecule has 0 saturated heterocycles. The van der Waals surface area contributed by atoms with Crippen LogP contribution in [0.1, 0.15) is 0 Å². The van der Waals surface area contributed by atoms with Crippen molar-refractivity contribution in [3.8, 4) is 11.4 Å². The maximum Gasteiger partial charge on any atom is 0.139 e. The molecule has 5 nitrogen and oxygen atoms in total. The van der Waals surface area contributed by atoms with Crippen LogP contribution in [-0.4, -0.2) is 16.1 Å². The van der Waals surface area contributed by atoms with Gasteiger partial charge in [-0.3, -0.25) is 0 Å². The summed E-state index contributed by atoms with van der Waals surface area (Å²) in [5.74, 6) is 0.897. The SMILES string of the molecule is [N-]=[N+]=NCCn1ccnc1-c1ccccc1. The molecule has 1 aromatic carbocycles. The lowest BCUT2D eigenvalue weighted by Gasteiger charge is -2.05. The quantitative estimate of drug-likeness (QED) is 0.437. The van der Waals surface area contributed by atoms with Gasteiger partial charge in [-0.15, -0.1) is 0 Å². The second-order valence-corrected chi connectivity index (χ2v) is 3.26. The first-order valence-electron chi connectivity index (χ1n) is 4.99. The molecule has 16 heavy (non-hydrogen) atoms. The van der Waals surface area contributed by atoms with Gasteiger partial charge >= 0.3 is 0 Å². The van der Waals surface area contributed by atoms with Crippen LogP contribution >= 0.6 is 0 Å². The molecule has 0 bridgehead atoms. The molecule has 0 N–H and O–H groups in total. The molecule has 1 aromatic heterocycles. The van der Waals surface area contributed by atoms with Crippen LogP contribution in [-0.2, 0) is 6.54 Å². The highest BCUT2D eigenvalue weighted by molar-refractivity contribution is 5.55. The summed E-state index contributed by atoms with van der Waals surface area (Å²) in [6, 6.07) is 9.93. The first-order chi connectivity index (χ1) is 7.92. The van der Waals surface area contributed by atoms with Gasteiger partial charge in [0.1, 0.15) is 5.82 Å². The van der Waals surface area contributed by atoms with E-state index in [9.17, 15) is 0 Å². The molecule has 0 spiro atoms. The highest BCUT2D eigenvalue weighted by Gasteiger charge is 2.03. The number of imidazole rings is 1. The molecule has 0 aliphatic carbocycles. The van der Waals surface area contributed by atoms with Gasteiger partial charge in [-0.25, -0.2) is 4.98 Å². The van der Waals surface area contributed by atoms with E-state index < -0.39 is 0 Å². The fourth-order valence-electron chi connectivity index (χ4n) is 1.53. The maximum atomic E-state index is 8.21. The lowest BCUT2D eigenvalue weighted by molar-refractivity contribution is 0.712. The first-order valence-corrected chi connectivity index (χ1v) is 4.99. The molecule has 0 amide bonds. The van der Waals surface area contributed by atoms with E-state index in [0.29, 0.717) is 13.1 Å². The van der Waals surface area contributed by atoms with Crippen LogP contribution < -0.4 is 0 Å². The van der Waals surface area contributed by atoms with E-state index in [1.807, 2.05) is 41.1 Å². The Morgan fingerprint density at radius 2 is 2.12 bits per heavy atom. The Hall–Kier alpha value is -2.26. The number of hydrogen-bond donors (Lipinski definition) is 0. The summed E-state index contributed by atoms with van der Waals surface area (Å²) in [5, 5.41) is 3.51. The molecule has 0 radical (unpaired) electrons. The molecule has 5 heteroatoms. The van der Waals surface area contributed by atoms with Gasteiger partial charge in [-0.2, -0.15) is 0 Å². The van der Waals surface area contributed by atoms with Gasteiger partial charge in [-0.1, -0.05) is 35.4 Å². The largest absolute Gasteiger partial charge is 0.331 e. The van der Waals surface area contributed by atoms with E-state index in [1.165, 1.54) is 0 Å². The van der Waals surface area contributed by atoms with Crippen LogP contribution in [0.5, 0.6) is 0 Å². The number of benzene rings is 1. The van der Waals surface area contributed by atoms with Crippen molar-refractivity contribution >= 4 is 0 Å². The third-order valence-corrected chi connectivity index (χ3v) is 2.25. The van der Waals surface area contributed by atoms with Gasteiger partial charge in [-0.05, 0) is 5.53 Å². The van der Waals surface area contributed by atoms with E-state index in [1.54, 1.807) is 6.20 Å². The molecule has 0 aliphatic heterocycles. The molecule has 0 saturated carbocycles. The minimum Gasteiger partial charge on any atom is -0.331 e. The number of azide groups is 1. The average Bonchev–Trinajstić information content (AvgIpc) is 2.79. The summed E-state index contributed by atoms with van der Waals surface area (Å²) in [6.45, 7) is 1.08. The van der Waals surface area contributed by atoms with Crippen molar-refractivity contribution in [3.05, 3.63) is 53.2 Å². The summed E-state index contributed by atoms with van der Waals surface area (Å²) in [6.07, 6.45) is 3.63. The minimum atomic E-state index is 0.437. The molecule has 0 unspecified atom stereocenters. The molecular weight excluding hydrogens is 202 g/mol. The highest BCUT2D eigenvalue weighted by Crippen LogP contribution is 2.16. The standard InChI is InChI=1S/C11H11N5/c12-15-14-7-9-16-8-6-13-11(16)10-4-2-1-3-5-10/h1-6,8H,7,9H2. The van der Waals surface area contributed by atoms with Crippen molar-refractivity contribution in [2.24, 2.45) is 5.11 Å². The molecule has 2 aromatic rings. The minimum absolute atomic E-state index is 0.437. The van der Waals surface area contributed by atoms with Crippen molar-refractivity contribution < 1.29 is 0 Å². The van der Waals surface area contributed by atoms with Gasteiger partial charge in [0.05, 0.1) is 0 Å². The molecule has 0 fully saturated rings. The summed E-state index contributed by atoms with van der Waals surface area (Å²) in [7, 11) is 0. The number of nitrogens with zero attached hydrogens (tertiary/aromatic N) is 5. The fourth-order valence-corrected chi connectivity index (χ4v) is 1.53. The molecule has 80 valence electrons. The highest BCUT2D eigenvalue weighted by atomic mass is 15.2. The Labute approximate surface area is 93.0 Å². The summed E-state index contributed by atoms with van der Waals surface area (Å²) in [5.41, 5.74) is 9.28. The van der Waals surface area contributed by atoms with Crippen molar-refractivity contribution in [1.82, 2.24) is 9.55 Å². The second kappa shape index (κ2) is 5.00. The van der Waals surface area contributed by atoms with Gasteiger partial charge in [0, 0.05) is 36.0 Å². The van der Waals surface area contributed by atoms with E-state index in [2.05, 4.69) is 15.0 Å². The Kier molecular flexibility index (Phi) is 3.21. The van der Waals surface area contributed by atoms with Crippen LogP contribution in [0.2, 0.25) is 0 Å². The molecule has 0 atom stereocenters. The van der Waals surface area contributed by atoms with Gasteiger partial charge in [0.15, 0.2) is 0 Å². The first kappa shape index (κ1) is 10.3. The summed E-state index contributed by atoms with van der Waals surface area (Å²) in [4.78, 5) is 7.02. The fraction of sp³-hybridized carbons (Fsp3) is 0.182. The van der Waals surface area contributed by atoms with E-state index >= 15 is 0 Å². The predicted octanol–water partition coefficient (Wildman–Crippen LogP) is 2.86. The van der Waals surface area contributed by atoms with Crippen LogP contribution in [0.15, 0.2) is 47.8 Å². The van der Waals surface area contributed by atoms with Crippen LogP contribution in [0, 0.1) is 0 Å². The zero-order valence-corrected chi connectivity index (χ0v) is 8.69. The van der Waals surface area contributed by atoms with Crippen molar-refractivity contribution in [2.75, 3.05) is 6.54 Å². The van der Waals surface area contributed by atoms with Gasteiger partial charge in [0.25, 0.3) is 0 Å². The van der Waals surface area contributed by atoms with Gasteiger partial charge in [0.2, 0.25) is 0 Å². The normalized spacial score (nSPS) is 9.75. The van der Waals surface area contributed by atoms with E-state index in [4.69, 9.17) is 5.53 Å². The number of hydrogen-bond acceptors (Lipinski definition) is 2. The molecule has 0 aliphatic rings. The smallest absolute Gasteiger partial charge is 0.139 e. The van der Waals surface area contributed by atoms with Gasteiger partial charge < -0.3 is 4.57 Å². The lowest BCUT2D eigenvalue weighted by atomic mass is 10.2. The molecule has 1 heterocycles. The van der Waals surface area contributed by atoms with Crippen molar-refractivity contribution in [1.29, 1.82) is 0 Å². The second-order valence-electron chi connectivity index (χ2n) is 3.26. The Morgan fingerprint density at radius 3 is 2.88 bits per heavy atom. The topological polar surface area (TPSA) is 66.6 Å². The van der Waals surface area contributed by atoms with Crippen LogP contribution in [0.25, 0.3) is 21.8 Å². The van der Waals surface area contributed by atoms with E-state index in [0.717, 1.165) is 11.4 Å². The Bertz CT molecular complexity index is 496. The monoisotopic (exact) mass is 213 g/mol. The maximum absolute atomic E-state index is 8.21. The third kappa shape index (κ3) is 2.21.